The van der Waals surface area contributed by atoms with E-state index in [4.69, 9.17) is 13.9 Å². The van der Waals surface area contributed by atoms with Crippen LogP contribution >= 0.6 is 0 Å². The molecule has 0 aliphatic rings. The number of H-pyrrole nitrogens is 1. The van der Waals surface area contributed by atoms with E-state index in [1.165, 1.54) is 0 Å². The normalized spacial score (nSPS) is 14.5. The quantitative estimate of drug-likeness (QED) is 0.0728. The van der Waals surface area contributed by atoms with Gasteiger partial charge in [0.1, 0.15) is 23.8 Å². The molecule has 1 heterocycles. The number of aromatic amines is 1. The Morgan fingerprint density at radius 1 is 0.818 bits per heavy atom. The summed E-state index contributed by atoms with van der Waals surface area (Å²) in [6.45, 7) is 19.2. The number of carbonyl (C=O) groups is 2. The first-order chi connectivity index (χ1) is 26.1. The fourth-order valence-corrected chi connectivity index (χ4v) is 7.34. The maximum absolute atomic E-state index is 14.9. The average Bonchev–Trinajstić information content (AvgIpc) is 3.59. The summed E-state index contributed by atoms with van der Waals surface area (Å²) in [4.78, 5) is 36.5. The SMILES string of the molecule is CC(=CO[Si](C)C)C(CC(=O)[C@@H](Cc1ccccc1)C[C@H]([C@H](Cc1ccccc1)NC(=O)OC(C)(C)C)C(C)(C)C)c1cnc(COCc2ccccc2)[nH]1. The summed E-state index contributed by atoms with van der Waals surface area (Å²) in [5, 5.41) is 3.26. The summed E-state index contributed by atoms with van der Waals surface area (Å²) in [5.74, 6) is 0.202. The van der Waals surface area contributed by atoms with Crippen LogP contribution in [-0.4, -0.2) is 42.5 Å². The molecule has 295 valence electrons. The highest BCUT2D eigenvalue weighted by molar-refractivity contribution is 6.48. The first-order valence-electron chi connectivity index (χ1n) is 19.5. The number of benzene rings is 3. The Morgan fingerprint density at radius 2 is 1.38 bits per heavy atom. The van der Waals surface area contributed by atoms with Gasteiger partial charge >= 0.3 is 6.09 Å². The zero-order valence-electron chi connectivity index (χ0n) is 34.4. The zero-order chi connectivity index (χ0) is 40.0. The summed E-state index contributed by atoms with van der Waals surface area (Å²) in [5.41, 5.74) is 4.21. The van der Waals surface area contributed by atoms with Crippen LogP contribution in [0.3, 0.4) is 0 Å². The van der Waals surface area contributed by atoms with Crippen LogP contribution in [0.1, 0.15) is 95.4 Å². The van der Waals surface area contributed by atoms with Crippen molar-refractivity contribution in [3.8, 4) is 0 Å². The Bertz CT molecular complexity index is 1780. The molecule has 2 N–H and O–H groups in total. The van der Waals surface area contributed by atoms with Crippen LogP contribution in [0.2, 0.25) is 13.1 Å². The first-order valence-corrected chi connectivity index (χ1v) is 21.9. The molecule has 0 saturated carbocycles. The monoisotopic (exact) mass is 764 g/mol. The largest absolute Gasteiger partial charge is 0.548 e. The number of nitrogens with zero attached hydrogens (tertiary/aromatic N) is 1. The molecule has 0 aliphatic heterocycles. The highest BCUT2D eigenvalue weighted by Gasteiger charge is 2.38. The molecule has 55 heavy (non-hydrogen) atoms. The number of hydrogen-bond donors (Lipinski definition) is 2. The molecule has 4 rings (SSSR count). The number of carbonyl (C=O) groups excluding carboxylic acids is 2. The van der Waals surface area contributed by atoms with Crippen LogP contribution < -0.4 is 5.32 Å². The lowest BCUT2D eigenvalue weighted by Gasteiger charge is -2.40. The van der Waals surface area contributed by atoms with Crippen LogP contribution in [-0.2, 0) is 44.7 Å². The topological polar surface area (TPSA) is 103 Å². The molecule has 4 atom stereocenters. The summed E-state index contributed by atoms with van der Waals surface area (Å²) in [7, 11) is -1.00. The molecule has 4 aromatic rings. The van der Waals surface area contributed by atoms with Gasteiger partial charge < -0.3 is 24.2 Å². The lowest BCUT2D eigenvalue weighted by molar-refractivity contribution is -0.124. The first kappa shape index (κ1) is 43.3. The van der Waals surface area contributed by atoms with Crippen molar-refractivity contribution in [1.29, 1.82) is 0 Å². The van der Waals surface area contributed by atoms with Gasteiger partial charge in [-0.25, -0.2) is 9.78 Å². The van der Waals surface area contributed by atoms with Crippen molar-refractivity contribution in [2.75, 3.05) is 0 Å². The Hall–Kier alpha value is -4.47. The molecule has 9 heteroatoms. The predicted molar refractivity (Wildman–Crippen MR) is 223 cm³/mol. The van der Waals surface area contributed by atoms with Gasteiger partial charge in [-0.05, 0) is 93.6 Å². The second-order valence-electron chi connectivity index (χ2n) is 16.9. The van der Waals surface area contributed by atoms with Gasteiger partial charge in [0.2, 0.25) is 0 Å². The Kier molecular flexibility index (Phi) is 16.1. The molecule has 1 aromatic heterocycles. The number of alkyl carbamates (subject to hydrolysis) is 1. The third-order valence-electron chi connectivity index (χ3n) is 9.73. The van der Waals surface area contributed by atoms with Crippen LogP contribution in [0.15, 0.2) is 109 Å². The van der Waals surface area contributed by atoms with Crippen LogP contribution in [0, 0.1) is 17.3 Å². The molecule has 8 nitrogen and oxygen atoms in total. The van der Waals surface area contributed by atoms with E-state index in [1.54, 1.807) is 0 Å². The molecule has 0 fully saturated rings. The number of ether oxygens (including phenoxy) is 2. The van der Waals surface area contributed by atoms with Crippen molar-refractivity contribution in [3.05, 3.63) is 137 Å². The summed E-state index contributed by atoms with van der Waals surface area (Å²) in [6, 6.07) is 30.2. The van der Waals surface area contributed by atoms with Gasteiger partial charge in [-0.1, -0.05) is 112 Å². The standard InChI is InChI=1S/C46H62N3O5Si/c1-33(30-53-55(8)9)38(41-29-47-43(48-41)32-52-31-36-23-17-12-18-24-36)28-42(50)37(25-34-19-13-10-14-20-34)27-39(45(2,3)4)40(26-35-21-15-11-16-22-35)49-44(51)54-46(5,6)7/h10-24,29-30,37-40H,25-28,31-32H2,1-9H3,(H,47,48)(H,49,51)/t37-,38?,39+,40-/m0/s1. The van der Waals surface area contributed by atoms with Gasteiger partial charge in [-0.3, -0.25) is 4.79 Å². The Morgan fingerprint density at radius 3 is 1.93 bits per heavy atom. The van der Waals surface area contributed by atoms with E-state index in [0.29, 0.717) is 38.3 Å². The fraction of sp³-hybridized carbons (Fsp3) is 0.457. The number of Topliss-reactive ketones (excluding diaryl/α,β-unsaturated/α-hetero) is 1. The van der Waals surface area contributed by atoms with E-state index < -0.39 is 20.7 Å². The van der Waals surface area contributed by atoms with Crippen molar-refractivity contribution in [3.63, 3.8) is 0 Å². The lowest BCUT2D eigenvalue weighted by atomic mass is 9.68. The van der Waals surface area contributed by atoms with E-state index >= 15 is 0 Å². The molecular weight excluding hydrogens is 703 g/mol. The van der Waals surface area contributed by atoms with E-state index in [2.05, 4.69) is 73.4 Å². The van der Waals surface area contributed by atoms with Gasteiger partial charge in [0, 0.05) is 36.2 Å². The van der Waals surface area contributed by atoms with Gasteiger partial charge in [-0.2, -0.15) is 0 Å². The molecule has 1 radical (unpaired) electrons. The number of nitrogens with one attached hydrogen (secondary N) is 2. The predicted octanol–water partition coefficient (Wildman–Crippen LogP) is 10.4. The summed E-state index contributed by atoms with van der Waals surface area (Å²) >= 11 is 0. The fourth-order valence-electron chi connectivity index (χ4n) is 6.92. The van der Waals surface area contributed by atoms with Crippen LogP contribution in [0.5, 0.6) is 0 Å². The highest BCUT2D eigenvalue weighted by Crippen LogP contribution is 2.38. The Balaban J connectivity index is 1.66. The number of ketones is 1. The minimum Gasteiger partial charge on any atom is -0.548 e. The average molecular weight is 765 g/mol. The van der Waals surface area contributed by atoms with E-state index in [-0.39, 0.29) is 41.4 Å². The van der Waals surface area contributed by atoms with Gasteiger partial charge in [-0.15, -0.1) is 0 Å². The third-order valence-corrected chi connectivity index (χ3v) is 10.3. The summed E-state index contributed by atoms with van der Waals surface area (Å²) in [6.07, 6.45) is 5.23. The number of amides is 1. The molecule has 1 unspecified atom stereocenters. The molecule has 1 amide bonds. The van der Waals surface area contributed by atoms with Crippen LogP contribution in [0.4, 0.5) is 4.79 Å². The van der Waals surface area contributed by atoms with E-state index in [1.807, 2.05) is 107 Å². The number of allylic oxidation sites excluding steroid dienone is 1. The van der Waals surface area contributed by atoms with Gasteiger partial charge in [0.25, 0.3) is 9.04 Å². The number of aromatic nitrogens is 2. The van der Waals surface area contributed by atoms with Crippen molar-refractivity contribution in [2.45, 2.75) is 118 Å². The maximum Gasteiger partial charge on any atom is 0.407 e. The third kappa shape index (κ3) is 14.9. The minimum atomic E-state index is -1.00. The van der Waals surface area contributed by atoms with Crippen molar-refractivity contribution in [2.24, 2.45) is 17.3 Å². The van der Waals surface area contributed by atoms with E-state index in [9.17, 15) is 9.59 Å². The second kappa shape index (κ2) is 20.4. The van der Waals surface area contributed by atoms with Crippen molar-refractivity contribution < 1.29 is 23.5 Å². The number of rotatable bonds is 19. The number of imidazole rings is 1. The van der Waals surface area contributed by atoms with Crippen molar-refractivity contribution >= 4 is 20.9 Å². The zero-order valence-corrected chi connectivity index (χ0v) is 35.4. The van der Waals surface area contributed by atoms with Gasteiger partial charge in [0.15, 0.2) is 0 Å². The molecular formula is C46H62N3O5Si. The van der Waals surface area contributed by atoms with Gasteiger partial charge in [0.05, 0.1) is 12.9 Å². The maximum atomic E-state index is 14.9. The molecule has 0 saturated heterocycles. The highest BCUT2D eigenvalue weighted by atomic mass is 28.3. The Labute approximate surface area is 331 Å². The molecule has 0 spiro atoms. The lowest BCUT2D eigenvalue weighted by Crippen LogP contribution is -2.49. The minimum absolute atomic E-state index is 0.0674. The van der Waals surface area contributed by atoms with Crippen molar-refractivity contribution in [1.82, 2.24) is 15.3 Å². The van der Waals surface area contributed by atoms with Crippen LogP contribution in [0.25, 0.3) is 0 Å². The second-order valence-corrected chi connectivity index (χ2v) is 19.0. The summed E-state index contributed by atoms with van der Waals surface area (Å²) < 4.78 is 17.8. The molecule has 0 bridgehead atoms. The number of hydrogen-bond acceptors (Lipinski definition) is 6. The molecule has 0 aliphatic carbocycles. The van der Waals surface area contributed by atoms with E-state index in [0.717, 1.165) is 28.0 Å². The smallest absolute Gasteiger partial charge is 0.407 e. The molecule has 3 aromatic carbocycles.